The number of thiophene rings is 1. The molecule has 2 aromatic rings. The van der Waals surface area contributed by atoms with Crippen LogP contribution in [0.25, 0.3) is 0 Å². The summed E-state index contributed by atoms with van der Waals surface area (Å²) in [7, 11) is 1.44. The molecule has 0 aromatic carbocycles. The molecule has 0 aliphatic carbocycles. The van der Waals surface area contributed by atoms with Crippen LogP contribution < -0.4 is 0 Å². The van der Waals surface area contributed by atoms with Crippen LogP contribution in [0.3, 0.4) is 0 Å². The Kier molecular flexibility index (Phi) is 3.35. The van der Waals surface area contributed by atoms with E-state index in [4.69, 9.17) is 4.74 Å². The molecule has 1 aliphatic heterocycles. The number of hydrogen-bond donors (Lipinski definition) is 1. The van der Waals surface area contributed by atoms with Gasteiger partial charge in [0.15, 0.2) is 0 Å². The molecule has 100 valence electrons. The largest absolute Gasteiger partial charge is 0.468 e. The number of nitrogens with one attached hydrogen (secondary N) is 1. The van der Waals surface area contributed by atoms with Crippen LogP contribution in [-0.2, 0) is 29.0 Å². The molecule has 5 nitrogen and oxygen atoms in total. The summed E-state index contributed by atoms with van der Waals surface area (Å²) < 4.78 is 4.92. The van der Waals surface area contributed by atoms with Crippen molar-refractivity contribution in [3.05, 3.63) is 40.1 Å². The first-order chi connectivity index (χ1) is 9.28. The Morgan fingerprint density at radius 1 is 1.68 bits per heavy atom. The fourth-order valence-electron chi connectivity index (χ4n) is 2.42. The second-order valence-electron chi connectivity index (χ2n) is 4.56. The van der Waals surface area contributed by atoms with Crippen LogP contribution in [0.5, 0.6) is 0 Å². The molecule has 1 N–H and O–H groups in total. The molecule has 0 saturated carbocycles. The van der Waals surface area contributed by atoms with Gasteiger partial charge >= 0.3 is 5.97 Å². The minimum absolute atomic E-state index is 0.190. The molecule has 1 aliphatic rings. The molecule has 3 heterocycles. The standard InChI is InChI=1S/C13H15N3O2S/c1-18-13(17)12-5-10-11(15-8-14-10)7-16(12)6-9-3-2-4-19-9/h2-4,8,12H,5-7H2,1H3,(H,14,15)/t12-/m0/s1. The highest BCUT2D eigenvalue weighted by molar-refractivity contribution is 7.09. The van der Waals surface area contributed by atoms with E-state index >= 15 is 0 Å². The van der Waals surface area contributed by atoms with Gasteiger partial charge in [-0.2, -0.15) is 0 Å². The fourth-order valence-corrected chi connectivity index (χ4v) is 3.15. The number of H-pyrrole nitrogens is 1. The van der Waals surface area contributed by atoms with Crippen molar-refractivity contribution >= 4 is 17.3 Å². The Hall–Kier alpha value is -1.66. The first-order valence-electron chi connectivity index (χ1n) is 6.13. The number of carbonyl (C=O) groups is 1. The number of esters is 1. The van der Waals surface area contributed by atoms with Crippen molar-refractivity contribution in [1.29, 1.82) is 0 Å². The number of imidazole rings is 1. The second kappa shape index (κ2) is 5.14. The summed E-state index contributed by atoms with van der Waals surface area (Å²) in [6.07, 6.45) is 2.30. The van der Waals surface area contributed by atoms with Gasteiger partial charge in [-0.05, 0) is 11.4 Å². The van der Waals surface area contributed by atoms with E-state index < -0.39 is 0 Å². The maximum atomic E-state index is 11.9. The average Bonchev–Trinajstić information content (AvgIpc) is 3.07. The first-order valence-corrected chi connectivity index (χ1v) is 7.01. The van der Waals surface area contributed by atoms with Gasteiger partial charge in [-0.15, -0.1) is 11.3 Å². The third-order valence-electron chi connectivity index (χ3n) is 3.41. The molecule has 1 atom stereocenters. The Bertz CT molecular complexity index is 564. The topological polar surface area (TPSA) is 58.2 Å². The van der Waals surface area contributed by atoms with Crippen LogP contribution in [0.1, 0.15) is 16.3 Å². The van der Waals surface area contributed by atoms with Gasteiger partial charge in [-0.25, -0.2) is 4.98 Å². The lowest BCUT2D eigenvalue weighted by molar-refractivity contribution is -0.148. The van der Waals surface area contributed by atoms with Gasteiger partial charge in [-0.3, -0.25) is 9.69 Å². The number of hydrogen-bond acceptors (Lipinski definition) is 5. The van der Waals surface area contributed by atoms with Gasteiger partial charge in [0.25, 0.3) is 0 Å². The van der Waals surface area contributed by atoms with Gasteiger partial charge < -0.3 is 9.72 Å². The molecule has 0 spiro atoms. The lowest BCUT2D eigenvalue weighted by Gasteiger charge is -2.32. The number of aromatic amines is 1. The van der Waals surface area contributed by atoms with Crippen molar-refractivity contribution in [2.75, 3.05) is 7.11 Å². The molecule has 6 heteroatoms. The molecule has 0 unspecified atom stereocenters. The van der Waals surface area contributed by atoms with Crippen molar-refractivity contribution in [2.45, 2.75) is 25.6 Å². The number of methoxy groups -OCH3 is 1. The number of carbonyl (C=O) groups excluding carboxylic acids is 1. The van der Waals surface area contributed by atoms with Crippen LogP contribution in [-0.4, -0.2) is 34.0 Å². The molecular weight excluding hydrogens is 262 g/mol. The monoisotopic (exact) mass is 277 g/mol. The normalized spacial score (nSPS) is 19.1. The van der Waals surface area contributed by atoms with E-state index in [2.05, 4.69) is 20.9 Å². The number of ether oxygens (including phenoxy) is 1. The summed E-state index contributed by atoms with van der Waals surface area (Å²) in [5.74, 6) is -0.190. The summed E-state index contributed by atoms with van der Waals surface area (Å²) in [5, 5.41) is 2.05. The van der Waals surface area contributed by atoms with Gasteiger partial charge in [-0.1, -0.05) is 6.07 Å². The van der Waals surface area contributed by atoms with Gasteiger partial charge in [0.1, 0.15) is 6.04 Å². The number of aromatic nitrogens is 2. The SMILES string of the molecule is COC(=O)[C@@H]1Cc2nc[nH]c2CN1Cc1cccs1. The zero-order valence-corrected chi connectivity index (χ0v) is 11.4. The molecule has 0 radical (unpaired) electrons. The minimum atomic E-state index is -0.247. The maximum absolute atomic E-state index is 11.9. The molecule has 2 aromatic heterocycles. The average molecular weight is 277 g/mol. The number of fused-ring (bicyclic) bond motifs is 1. The summed E-state index contributed by atoms with van der Waals surface area (Å²) in [4.78, 5) is 22.7. The van der Waals surface area contributed by atoms with Crippen LogP contribution in [0.15, 0.2) is 23.8 Å². The van der Waals surface area contributed by atoms with Crippen LogP contribution in [0.4, 0.5) is 0 Å². The lowest BCUT2D eigenvalue weighted by atomic mass is 10.0. The Morgan fingerprint density at radius 3 is 3.32 bits per heavy atom. The van der Waals surface area contributed by atoms with Gasteiger partial charge in [0.2, 0.25) is 0 Å². The van der Waals surface area contributed by atoms with E-state index in [9.17, 15) is 4.79 Å². The molecular formula is C13H15N3O2S. The Labute approximate surface area is 115 Å². The van der Waals surface area contributed by atoms with Crippen molar-refractivity contribution in [3.8, 4) is 0 Å². The highest BCUT2D eigenvalue weighted by atomic mass is 32.1. The minimum Gasteiger partial charge on any atom is -0.468 e. The molecule has 0 fully saturated rings. The van der Waals surface area contributed by atoms with E-state index in [1.165, 1.54) is 12.0 Å². The zero-order valence-electron chi connectivity index (χ0n) is 10.6. The summed E-state index contributed by atoms with van der Waals surface area (Å²) in [6.45, 7) is 1.46. The second-order valence-corrected chi connectivity index (χ2v) is 5.59. The van der Waals surface area contributed by atoms with Crippen LogP contribution >= 0.6 is 11.3 Å². The molecule has 0 saturated heterocycles. The van der Waals surface area contributed by atoms with Crippen molar-refractivity contribution in [1.82, 2.24) is 14.9 Å². The highest BCUT2D eigenvalue weighted by Crippen LogP contribution is 2.24. The lowest BCUT2D eigenvalue weighted by Crippen LogP contribution is -2.45. The molecule has 19 heavy (non-hydrogen) atoms. The van der Waals surface area contributed by atoms with E-state index in [1.54, 1.807) is 17.7 Å². The Morgan fingerprint density at radius 2 is 2.58 bits per heavy atom. The fraction of sp³-hybridized carbons (Fsp3) is 0.385. The summed E-state index contributed by atoms with van der Waals surface area (Å²) in [6, 6.07) is 3.86. The predicted molar refractivity (Wildman–Crippen MR) is 71.7 cm³/mol. The van der Waals surface area contributed by atoms with Gasteiger partial charge in [0.05, 0.1) is 24.8 Å². The van der Waals surface area contributed by atoms with E-state index in [1.807, 2.05) is 11.4 Å². The van der Waals surface area contributed by atoms with Crippen LogP contribution in [0.2, 0.25) is 0 Å². The number of nitrogens with zero attached hydrogens (tertiary/aromatic N) is 2. The smallest absolute Gasteiger partial charge is 0.323 e. The summed E-state index contributed by atoms with van der Waals surface area (Å²) >= 11 is 1.70. The quantitative estimate of drug-likeness (QED) is 0.865. The predicted octanol–water partition coefficient (Wildman–Crippen LogP) is 1.57. The third-order valence-corrected chi connectivity index (χ3v) is 4.27. The third kappa shape index (κ3) is 2.41. The molecule has 3 rings (SSSR count). The zero-order chi connectivity index (χ0) is 13.2. The first kappa shape index (κ1) is 12.4. The van der Waals surface area contributed by atoms with Crippen molar-refractivity contribution in [3.63, 3.8) is 0 Å². The van der Waals surface area contributed by atoms with E-state index in [0.717, 1.165) is 17.9 Å². The van der Waals surface area contributed by atoms with Crippen LogP contribution in [0, 0.1) is 0 Å². The van der Waals surface area contributed by atoms with Crippen molar-refractivity contribution < 1.29 is 9.53 Å². The maximum Gasteiger partial charge on any atom is 0.323 e. The van der Waals surface area contributed by atoms with Crippen molar-refractivity contribution in [2.24, 2.45) is 0 Å². The summed E-state index contributed by atoms with van der Waals surface area (Å²) in [5.41, 5.74) is 2.06. The van der Waals surface area contributed by atoms with E-state index in [-0.39, 0.29) is 12.0 Å². The van der Waals surface area contributed by atoms with Gasteiger partial charge in [0, 0.05) is 24.4 Å². The Balaban J connectivity index is 1.84. The highest BCUT2D eigenvalue weighted by Gasteiger charge is 2.33. The molecule has 0 amide bonds. The number of rotatable bonds is 3. The molecule has 0 bridgehead atoms. The van der Waals surface area contributed by atoms with E-state index in [0.29, 0.717) is 13.0 Å².